The van der Waals surface area contributed by atoms with Crippen molar-refractivity contribution in [1.29, 1.82) is 0 Å². The lowest BCUT2D eigenvalue weighted by atomic mass is 10.2. The average Bonchev–Trinajstić information content (AvgIpc) is 2.15. The van der Waals surface area contributed by atoms with Crippen LogP contribution in [0.3, 0.4) is 0 Å². The number of hydrogen-bond acceptors (Lipinski definition) is 4. The van der Waals surface area contributed by atoms with Crippen molar-refractivity contribution in [3.05, 3.63) is 0 Å². The Morgan fingerprint density at radius 3 is 2.24 bits per heavy atom. The molecule has 0 amide bonds. The maximum absolute atomic E-state index is 11.5. The van der Waals surface area contributed by atoms with Crippen LogP contribution in [-0.2, 0) is 14.3 Å². The Kier molecular flexibility index (Phi) is 6.16. The number of carbonyl (C=O) groups is 2. The lowest BCUT2D eigenvalue weighted by molar-refractivity contribution is -0.156. The summed E-state index contributed by atoms with van der Waals surface area (Å²) in [5.74, 6) is -1.18. The number of aliphatic carboxylic acids is 1. The summed E-state index contributed by atoms with van der Waals surface area (Å²) in [6.45, 7) is 9.90. The lowest BCUT2D eigenvalue weighted by Gasteiger charge is -2.25. The van der Waals surface area contributed by atoms with Crippen molar-refractivity contribution in [3.8, 4) is 0 Å². The molecule has 0 aromatic carbocycles. The van der Waals surface area contributed by atoms with Gasteiger partial charge in [0.25, 0.3) is 0 Å². The van der Waals surface area contributed by atoms with Crippen molar-refractivity contribution in [1.82, 2.24) is 4.90 Å². The minimum Gasteiger partial charge on any atom is -0.480 e. The van der Waals surface area contributed by atoms with Gasteiger partial charge in [0.15, 0.2) is 0 Å². The molecule has 0 saturated heterocycles. The summed E-state index contributed by atoms with van der Waals surface area (Å²) in [4.78, 5) is 24.0. The monoisotopic (exact) mass is 245 g/mol. The highest BCUT2D eigenvalue weighted by Gasteiger charge is 2.21. The van der Waals surface area contributed by atoms with Crippen molar-refractivity contribution >= 4 is 11.9 Å². The summed E-state index contributed by atoms with van der Waals surface area (Å²) in [5, 5.41) is 8.88. The highest BCUT2D eigenvalue weighted by atomic mass is 16.6. The molecule has 0 heterocycles. The molecule has 0 spiro atoms. The number of esters is 1. The SMILES string of the molecule is CCN(CCC(=O)OC(C)(C)C)C(C)C(=O)O. The van der Waals surface area contributed by atoms with Crippen LogP contribution in [0, 0.1) is 0 Å². The third-order valence-electron chi connectivity index (χ3n) is 2.33. The Balaban J connectivity index is 4.16. The maximum Gasteiger partial charge on any atom is 0.320 e. The summed E-state index contributed by atoms with van der Waals surface area (Å²) in [6.07, 6.45) is 0.211. The second-order valence-corrected chi connectivity index (χ2v) is 4.98. The molecule has 1 N–H and O–H groups in total. The number of carbonyl (C=O) groups excluding carboxylic acids is 1. The van der Waals surface area contributed by atoms with Crippen molar-refractivity contribution in [3.63, 3.8) is 0 Å². The normalized spacial score (nSPS) is 13.5. The van der Waals surface area contributed by atoms with Crippen LogP contribution >= 0.6 is 0 Å². The standard InChI is InChI=1S/C12H23NO4/c1-6-13(9(2)11(15)16)8-7-10(14)17-12(3,4)5/h9H,6-8H2,1-5H3,(H,15,16). The van der Waals surface area contributed by atoms with Gasteiger partial charge in [0.2, 0.25) is 0 Å². The molecule has 17 heavy (non-hydrogen) atoms. The summed E-state index contributed by atoms with van der Waals surface area (Å²) in [6, 6.07) is -0.581. The van der Waals surface area contributed by atoms with E-state index >= 15 is 0 Å². The Labute approximate surface area is 103 Å². The van der Waals surface area contributed by atoms with Gasteiger partial charge in [0.1, 0.15) is 11.6 Å². The predicted molar refractivity (Wildman–Crippen MR) is 64.8 cm³/mol. The number of hydrogen-bond donors (Lipinski definition) is 1. The molecule has 0 fully saturated rings. The average molecular weight is 245 g/mol. The fourth-order valence-electron chi connectivity index (χ4n) is 1.41. The number of likely N-dealkylation sites (N-methyl/N-ethyl adjacent to an activating group) is 1. The third kappa shape index (κ3) is 6.94. The largest absolute Gasteiger partial charge is 0.480 e. The molecule has 100 valence electrons. The zero-order chi connectivity index (χ0) is 13.6. The van der Waals surface area contributed by atoms with Crippen LogP contribution in [-0.4, -0.2) is 46.7 Å². The van der Waals surface area contributed by atoms with Crippen molar-refractivity contribution in [2.75, 3.05) is 13.1 Å². The molecule has 1 atom stereocenters. The van der Waals surface area contributed by atoms with Gasteiger partial charge in [-0.15, -0.1) is 0 Å². The van der Waals surface area contributed by atoms with Gasteiger partial charge in [-0.1, -0.05) is 6.92 Å². The second kappa shape index (κ2) is 6.59. The van der Waals surface area contributed by atoms with Crippen molar-refractivity contribution < 1.29 is 19.4 Å². The highest BCUT2D eigenvalue weighted by molar-refractivity contribution is 5.73. The molecule has 0 radical (unpaired) electrons. The Morgan fingerprint density at radius 2 is 1.88 bits per heavy atom. The van der Waals surface area contributed by atoms with Gasteiger partial charge >= 0.3 is 11.9 Å². The van der Waals surface area contributed by atoms with E-state index in [1.807, 2.05) is 27.7 Å². The number of carboxylic acids is 1. The summed E-state index contributed by atoms with van der Waals surface area (Å²) in [5.41, 5.74) is -0.494. The van der Waals surface area contributed by atoms with Gasteiger partial charge in [-0.25, -0.2) is 0 Å². The van der Waals surface area contributed by atoms with Gasteiger partial charge in [0.05, 0.1) is 6.42 Å². The van der Waals surface area contributed by atoms with E-state index in [4.69, 9.17) is 9.84 Å². The molecular formula is C12H23NO4. The molecule has 5 nitrogen and oxygen atoms in total. The van der Waals surface area contributed by atoms with E-state index in [-0.39, 0.29) is 12.4 Å². The fraction of sp³-hybridized carbons (Fsp3) is 0.833. The molecule has 0 rings (SSSR count). The molecule has 5 heteroatoms. The quantitative estimate of drug-likeness (QED) is 0.718. The second-order valence-electron chi connectivity index (χ2n) is 4.98. The van der Waals surface area contributed by atoms with Gasteiger partial charge in [-0.05, 0) is 34.2 Å². The van der Waals surface area contributed by atoms with Gasteiger partial charge in [0, 0.05) is 6.54 Å². The third-order valence-corrected chi connectivity index (χ3v) is 2.33. The number of carboxylic acid groups (broad SMARTS) is 1. The Morgan fingerprint density at radius 1 is 1.35 bits per heavy atom. The smallest absolute Gasteiger partial charge is 0.320 e. The van der Waals surface area contributed by atoms with E-state index in [9.17, 15) is 9.59 Å². The number of nitrogens with zero attached hydrogens (tertiary/aromatic N) is 1. The fourth-order valence-corrected chi connectivity index (χ4v) is 1.41. The van der Waals surface area contributed by atoms with Crippen molar-refractivity contribution in [2.45, 2.75) is 52.7 Å². The van der Waals surface area contributed by atoms with E-state index in [0.717, 1.165) is 0 Å². The van der Waals surface area contributed by atoms with E-state index < -0.39 is 17.6 Å². The first kappa shape index (κ1) is 15.9. The Hall–Kier alpha value is -1.10. The topological polar surface area (TPSA) is 66.8 Å². The number of ether oxygens (including phenoxy) is 1. The molecule has 0 aromatic heterocycles. The highest BCUT2D eigenvalue weighted by Crippen LogP contribution is 2.09. The predicted octanol–water partition coefficient (Wildman–Crippen LogP) is 1.51. The van der Waals surface area contributed by atoms with Gasteiger partial charge in [-0.3, -0.25) is 14.5 Å². The van der Waals surface area contributed by atoms with E-state index in [1.165, 1.54) is 0 Å². The van der Waals surface area contributed by atoms with Crippen LogP contribution in [0.4, 0.5) is 0 Å². The van der Waals surface area contributed by atoms with Crippen LogP contribution in [0.5, 0.6) is 0 Å². The first-order chi connectivity index (χ1) is 7.67. The van der Waals surface area contributed by atoms with E-state index in [1.54, 1.807) is 11.8 Å². The van der Waals surface area contributed by atoms with Crippen LogP contribution in [0.15, 0.2) is 0 Å². The van der Waals surface area contributed by atoms with E-state index in [2.05, 4.69) is 0 Å². The molecule has 1 unspecified atom stereocenters. The van der Waals surface area contributed by atoms with Crippen molar-refractivity contribution in [2.24, 2.45) is 0 Å². The Bertz CT molecular complexity index is 270. The van der Waals surface area contributed by atoms with Crippen LogP contribution in [0.25, 0.3) is 0 Å². The van der Waals surface area contributed by atoms with Gasteiger partial charge in [-0.2, -0.15) is 0 Å². The van der Waals surface area contributed by atoms with E-state index in [0.29, 0.717) is 13.1 Å². The maximum atomic E-state index is 11.5. The molecular weight excluding hydrogens is 222 g/mol. The first-order valence-corrected chi connectivity index (χ1v) is 5.86. The molecule has 0 bridgehead atoms. The molecule has 0 aliphatic heterocycles. The lowest BCUT2D eigenvalue weighted by Crippen LogP contribution is -2.40. The minimum atomic E-state index is -0.879. The van der Waals surface area contributed by atoms with Crippen LogP contribution < -0.4 is 0 Å². The first-order valence-electron chi connectivity index (χ1n) is 5.86. The van der Waals surface area contributed by atoms with Gasteiger partial charge < -0.3 is 9.84 Å². The van der Waals surface area contributed by atoms with Crippen LogP contribution in [0.1, 0.15) is 41.0 Å². The zero-order valence-corrected chi connectivity index (χ0v) is 11.3. The molecule has 0 aromatic rings. The van der Waals surface area contributed by atoms with Crippen LogP contribution in [0.2, 0.25) is 0 Å². The molecule has 0 saturated carbocycles. The summed E-state index contributed by atoms with van der Waals surface area (Å²) in [7, 11) is 0. The number of rotatable bonds is 6. The summed E-state index contributed by atoms with van der Waals surface area (Å²) >= 11 is 0. The molecule has 0 aliphatic carbocycles. The summed E-state index contributed by atoms with van der Waals surface area (Å²) < 4.78 is 5.16. The molecule has 0 aliphatic rings. The zero-order valence-electron chi connectivity index (χ0n) is 11.3. The minimum absolute atomic E-state index is 0.211.